The number of hydrogen-bond donors (Lipinski definition) is 2. The number of aryl methyl sites for hydroxylation is 2. The lowest BCUT2D eigenvalue weighted by Gasteiger charge is -2.18. The van der Waals surface area contributed by atoms with Crippen LogP contribution >= 0.6 is 0 Å². The van der Waals surface area contributed by atoms with Crippen LogP contribution in [-0.2, 0) is 7.05 Å². The summed E-state index contributed by atoms with van der Waals surface area (Å²) in [7, 11) is 1.95. The van der Waals surface area contributed by atoms with E-state index in [2.05, 4.69) is 40.7 Å². The molecule has 2 rings (SSSR count). The average Bonchev–Trinajstić information content (AvgIpc) is 2.87. The second-order valence-corrected chi connectivity index (χ2v) is 4.49. The van der Waals surface area contributed by atoms with E-state index in [-0.39, 0.29) is 12.1 Å². The standard InChI is InChI=1S/C12H19N5/c1-8(11-5-13-14-6-11)15-9(2)12-7-17(4)16-10(12)3/h5-9,15H,1-4H3,(H,13,14). The van der Waals surface area contributed by atoms with E-state index in [1.54, 1.807) is 0 Å². The summed E-state index contributed by atoms with van der Waals surface area (Å²) in [4.78, 5) is 0. The molecule has 17 heavy (non-hydrogen) atoms. The molecule has 0 spiro atoms. The molecule has 2 aromatic heterocycles. The fourth-order valence-corrected chi connectivity index (χ4v) is 2.10. The van der Waals surface area contributed by atoms with Gasteiger partial charge in [0.15, 0.2) is 0 Å². The number of rotatable bonds is 4. The van der Waals surface area contributed by atoms with E-state index in [0.717, 1.165) is 5.69 Å². The number of nitrogens with zero attached hydrogens (tertiary/aromatic N) is 3. The molecule has 0 aromatic carbocycles. The van der Waals surface area contributed by atoms with Crippen LogP contribution in [0.25, 0.3) is 0 Å². The molecule has 0 saturated carbocycles. The molecule has 0 fully saturated rings. The smallest absolute Gasteiger partial charge is 0.0641 e. The molecule has 2 N–H and O–H groups in total. The quantitative estimate of drug-likeness (QED) is 0.847. The van der Waals surface area contributed by atoms with Crippen molar-refractivity contribution < 1.29 is 0 Å². The summed E-state index contributed by atoms with van der Waals surface area (Å²) >= 11 is 0. The zero-order chi connectivity index (χ0) is 12.4. The van der Waals surface area contributed by atoms with Gasteiger partial charge in [0.25, 0.3) is 0 Å². The summed E-state index contributed by atoms with van der Waals surface area (Å²) in [6.45, 7) is 6.32. The highest BCUT2D eigenvalue weighted by Gasteiger charge is 2.15. The van der Waals surface area contributed by atoms with Crippen molar-refractivity contribution in [2.45, 2.75) is 32.9 Å². The number of H-pyrrole nitrogens is 1. The molecule has 0 aliphatic rings. The maximum absolute atomic E-state index is 4.36. The van der Waals surface area contributed by atoms with Crippen LogP contribution < -0.4 is 5.32 Å². The lowest BCUT2D eigenvalue weighted by molar-refractivity contribution is 0.493. The molecule has 0 amide bonds. The minimum Gasteiger partial charge on any atom is -0.303 e. The molecule has 5 nitrogen and oxygen atoms in total. The Kier molecular flexibility index (Phi) is 3.28. The Morgan fingerprint density at radius 3 is 2.65 bits per heavy atom. The first-order valence-corrected chi connectivity index (χ1v) is 5.82. The highest BCUT2D eigenvalue weighted by molar-refractivity contribution is 5.20. The molecule has 92 valence electrons. The Hall–Kier alpha value is -1.62. The van der Waals surface area contributed by atoms with Crippen molar-refractivity contribution >= 4 is 0 Å². The van der Waals surface area contributed by atoms with Crippen LogP contribution in [0.1, 0.15) is 42.8 Å². The first-order valence-electron chi connectivity index (χ1n) is 5.82. The van der Waals surface area contributed by atoms with Crippen molar-refractivity contribution in [3.8, 4) is 0 Å². The summed E-state index contributed by atoms with van der Waals surface area (Å²) in [5.74, 6) is 0. The molecule has 0 aliphatic carbocycles. The van der Waals surface area contributed by atoms with Crippen LogP contribution in [0.15, 0.2) is 18.6 Å². The monoisotopic (exact) mass is 233 g/mol. The van der Waals surface area contributed by atoms with Crippen molar-refractivity contribution in [3.05, 3.63) is 35.4 Å². The molecule has 2 aromatic rings. The molecule has 5 heteroatoms. The highest BCUT2D eigenvalue weighted by Crippen LogP contribution is 2.20. The van der Waals surface area contributed by atoms with Gasteiger partial charge in [0, 0.05) is 42.7 Å². The summed E-state index contributed by atoms with van der Waals surface area (Å²) < 4.78 is 1.85. The van der Waals surface area contributed by atoms with Gasteiger partial charge in [-0.1, -0.05) is 0 Å². The lowest BCUT2D eigenvalue weighted by Crippen LogP contribution is -2.22. The molecule has 0 aliphatic heterocycles. The van der Waals surface area contributed by atoms with Crippen LogP contribution in [-0.4, -0.2) is 20.0 Å². The fourth-order valence-electron chi connectivity index (χ4n) is 2.10. The number of aromatic nitrogens is 4. The SMILES string of the molecule is Cc1nn(C)cc1C(C)NC(C)c1cn[nH]c1. The van der Waals surface area contributed by atoms with Crippen molar-refractivity contribution in [3.63, 3.8) is 0 Å². The van der Waals surface area contributed by atoms with Crippen LogP contribution in [0.2, 0.25) is 0 Å². The first kappa shape index (κ1) is 11.9. The largest absolute Gasteiger partial charge is 0.303 e. The average molecular weight is 233 g/mol. The van der Waals surface area contributed by atoms with Crippen molar-refractivity contribution in [1.29, 1.82) is 0 Å². The summed E-state index contributed by atoms with van der Waals surface area (Å²) in [6, 6.07) is 0.539. The third-order valence-corrected chi connectivity index (χ3v) is 3.04. The number of nitrogens with one attached hydrogen (secondary N) is 2. The van der Waals surface area contributed by atoms with E-state index in [1.165, 1.54) is 11.1 Å². The number of aromatic amines is 1. The van der Waals surface area contributed by atoms with Crippen molar-refractivity contribution in [1.82, 2.24) is 25.3 Å². The Morgan fingerprint density at radius 1 is 1.35 bits per heavy atom. The van der Waals surface area contributed by atoms with E-state index in [4.69, 9.17) is 0 Å². The van der Waals surface area contributed by atoms with Gasteiger partial charge in [-0.25, -0.2) is 0 Å². The van der Waals surface area contributed by atoms with Gasteiger partial charge in [-0.2, -0.15) is 10.2 Å². The van der Waals surface area contributed by atoms with Crippen LogP contribution in [0.5, 0.6) is 0 Å². The van der Waals surface area contributed by atoms with Gasteiger partial charge in [-0.05, 0) is 20.8 Å². The molecular formula is C12H19N5. The van der Waals surface area contributed by atoms with E-state index < -0.39 is 0 Å². The zero-order valence-corrected chi connectivity index (χ0v) is 10.7. The van der Waals surface area contributed by atoms with Crippen molar-refractivity contribution in [2.24, 2.45) is 7.05 Å². The summed E-state index contributed by atoms with van der Waals surface area (Å²) in [5, 5.41) is 14.7. The second-order valence-electron chi connectivity index (χ2n) is 4.49. The van der Waals surface area contributed by atoms with Crippen LogP contribution in [0, 0.1) is 6.92 Å². The van der Waals surface area contributed by atoms with Gasteiger partial charge >= 0.3 is 0 Å². The Labute approximate surface area is 101 Å². The third kappa shape index (κ3) is 2.55. The van der Waals surface area contributed by atoms with Crippen LogP contribution in [0.3, 0.4) is 0 Å². The molecular weight excluding hydrogens is 214 g/mol. The van der Waals surface area contributed by atoms with Gasteiger partial charge in [0.05, 0.1) is 11.9 Å². The lowest BCUT2D eigenvalue weighted by atomic mass is 10.1. The van der Waals surface area contributed by atoms with E-state index in [0.29, 0.717) is 0 Å². The van der Waals surface area contributed by atoms with Gasteiger partial charge in [-0.15, -0.1) is 0 Å². The fraction of sp³-hybridized carbons (Fsp3) is 0.500. The highest BCUT2D eigenvalue weighted by atomic mass is 15.3. The molecule has 2 atom stereocenters. The topological polar surface area (TPSA) is 58.5 Å². The molecule has 0 radical (unpaired) electrons. The summed E-state index contributed by atoms with van der Waals surface area (Å²) in [5.41, 5.74) is 3.48. The predicted molar refractivity (Wildman–Crippen MR) is 66.5 cm³/mol. The summed E-state index contributed by atoms with van der Waals surface area (Å²) in [6.07, 6.45) is 5.83. The van der Waals surface area contributed by atoms with E-state index >= 15 is 0 Å². The van der Waals surface area contributed by atoms with Gasteiger partial charge in [0.1, 0.15) is 0 Å². The van der Waals surface area contributed by atoms with Crippen molar-refractivity contribution in [2.75, 3.05) is 0 Å². The Balaban J connectivity index is 2.06. The van der Waals surface area contributed by atoms with E-state index in [1.807, 2.05) is 31.0 Å². The maximum atomic E-state index is 4.36. The third-order valence-electron chi connectivity index (χ3n) is 3.04. The zero-order valence-electron chi connectivity index (χ0n) is 10.7. The predicted octanol–water partition coefficient (Wildman–Crippen LogP) is 1.86. The van der Waals surface area contributed by atoms with Gasteiger partial charge < -0.3 is 5.32 Å². The first-order chi connectivity index (χ1) is 8.08. The Morgan fingerprint density at radius 2 is 2.12 bits per heavy atom. The Bertz CT molecular complexity index is 471. The molecule has 0 saturated heterocycles. The number of hydrogen-bond acceptors (Lipinski definition) is 3. The van der Waals surface area contributed by atoms with Crippen LogP contribution in [0.4, 0.5) is 0 Å². The van der Waals surface area contributed by atoms with Gasteiger partial charge in [-0.3, -0.25) is 9.78 Å². The van der Waals surface area contributed by atoms with E-state index in [9.17, 15) is 0 Å². The normalized spacial score (nSPS) is 14.8. The molecule has 2 unspecified atom stereocenters. The minimum atomic E-state index is 0.267. The molecule has 2 heterocycles. The molecule has 0 bridgehead atoms. The van der Waals surface area contributed by atoms with Gasteiger partial charge in [0.2, 0.25) is 0 Å². The maximum Gasteiger partial charge on any atom is 0.0641 e. The minimum absolute atomic E-state index is 0.267. The second kappa shape index (κ2) is 4.71.